The maximum Gasteiger partial charge on any atom is 0.137 e. The van der Waals surface area contributed by atoms with E-state index in [9.17, 15) is 0 Å². The largest absolute Gasteiger partial charge is 0.382 e. The smallest absolute Gasteiger partial charge is 0.137 e. The third-order valence-electron chi connectivity index (χ3n) is 5.22. The number of aromatic nitrogens is 2. The summed E-state index contributed by atoms with van der Waals surface area (Å²) in [4.78, 5) is 7.39. The Kier molecular flexibility index (Phi) is 7.05. The van der Waals surface area contributed by atoms with Crippen LogP contribution >= 0.6 is 11.6 Å². The summed E-state index contributed by atoms with van der Waals surface area (Å²) in [5.41, 5.74) is 1.50. The van der Waals surface area contributed by atoms with Crippen LogP contribution in [0, 0.1) is 5.92 Å². The molecular formula is C19H26ClFN2O4. The highest BCUT2D eigenvalue weighted by atomic mass is 35.5. The Balaban J connectivity index is 1.91. The van der Waals surface area contributed by atoms with Crippen LogP contribution in [0.2, 0.25) is 5.02 Å². The number of pyridine rings is 1. The highest BCUT2D eigenvalue weighted by molar-refractivity contribution is 6.31. The number of hydrogen-bond acceptors (Lipinski definition) is 5. The molecule has 0 aromatic carbocycles. The summed E-state index contributed by atoms with van der Waals surface area (Å²) >= 11 is 6.11. The minimum absolute atomic E-state index is 0.216. The number of aromatic amines is 1. The van der Waals surface area contributed by atoms with Crippen LogP contribution in [0.3, 0.4) is 0 Å². The van der Waals surface area contributed by atoms with Gasteiger partial charge in [0, 0.05) is 50.6 Å². The number of nitrogens with zero attached hydrogens (tertiary/aromatic N) is 1. The second-order valence-corrected chi connectivity index (χ2v) is 7.16. The van der Waals surface area contributed by atoms with Crippen LogP contribution in [0.1, 0.15) is 24.5 Å². The van der Waals surface area contributed by atoms with E-state index in [4.69, 9.17) is 30.5 Å². The summed E-state index contributed by atoms with van der Waals surface area (Å²) in [6, 6.07) is 1.81. The van der Waals surface area contributed by atoms with Gasteiger partial charge in [0.25, 0.3) is 0 Å². The molecule has 0 amide bonds. The molecule has 150 valence electrons. The minimum atomic E-state index is -1.07. The first kappa shape index (κ1) is 20.5. The average molecular weight is 401 g/mol. The molecule has 8 heteroatoms. The molecule has 6 nitrogen and oxygen atoms in total. The summed E-state index contributed by atoms with van der Waals surface area (Å²) in [6.07, 6.45) is 2.12. The highest BCUT2D eigenvalue weighted by Crippen LogP contribution is 2.42. The van der Waals surface area contributed by atoms with E-state index in [-0.39, 0.29) is 6.10 Å². The van der Waals surface area contributed by atoms with Crippen molar-refractivity contribution in [2.75, 3.05) is 34.5 Å². The van der Waals surface area contributed by atoms with Crippen molar-refractivity contribution in [3.8, 4) is 0 Å². The second kappa shape index (κ2) is 9.30. The number of ether oxygens (including phenoxy) is 4. The van der Waals surface area contributed by atoms with Crippen molar-refractivity contribution in [3.05, 3.63) is 29.0 Å². The lowest BCUT2D eigenvalue weighted by atomic mass is 9.77. The number of fused-ring (bicyclic) bond motifs is 1. The zero-order valence-corrected chi connectivity index (χ0v) is 16.5. The third kappa shape index (κ3) is 4.27. The topological polar surface area (TPSA) is 65.6 Å². The molecule has 5 atom stereocenters. The maximum atomic E-state index is 15.1. The van der Waals surface area contributed by atoms with Gasteiger partial charge in [-0.15, -0.1) is 0 Å². The molecule has 5 unspecified atom stereocenters. The van der Waals surface area contributed by atoms with Crippen LogP contribution in [0.25, 0.3) is 11.0 Å². The third-order valence-corrected chi connectivity index (χ3v) is 5.43. The number of H-pyrrole nitrogens is 1. The predicted octanol–water partition coefficient (Wildman–Crippen LogP) is 3.70. The molecule has 0 saturated heterocycles. The van der Waals surface area contributed by atoms with Crippen LogP contribution in [-0.2, 0) is 18.9 Å². The second-order valence-electron chi connectivity index (χ2n) is 6.72. The summed E-state index contributed by atoms with van der Waals surface area (Å²) < 4.78 is 37.5. The number of rotatable bonds is 8. The molecule has 1 saturated carbocycles. The first-order valence-corrected chi connectivity index (χ1v) is 9.41. The molecule has 27 heavy (non-hydrogen) atoms. The minimum Gasteiger partial charge on any atom is -0.382 e. The number of halogens is 2. The first-order valence-electron chi connectivity index (χ1n) is 9.03. The van der Waals surface area contributed by atoms with E-state index in [0.717, 1.165) is 10.9 Å². The Bertz CT molecular complexity index is 744. The maximum absolute atomic E-state index is 15.1. The lowest BCUT2D eigenvalue weighted by Crippen LogP contribution is -2.49. The van der Waals surface area contributed by atoms with Gasteiger partial charge >= 0.3 is 0 Å². The Hall–Kier alpha value is -1.25. The van der Waals surface area contributed by atoms with E-state index in [1.807, 2.05) is 6.07 Å². The van der Waals surface area contributed by atoms with Gasteiger partial charge in [0.15, 0.2) is 0 Å². The van der Waals surface area contributed by atoms with Gasteiger partial charge in [0.2, 0.25) is 0 Å². The Morgan fingerprint density at radius 3 is 2.81 bits per heavy atom. The zero-order chi connectivity index (χ0) is 19.4. The fraction of sp³-hybridized carbons (Fsp3) is 0.632. The van der Waals surface area contributed by atoms with Gasteiger partial charge in [-0.1, -0.05) is 11.6 Å². The van der Waals surface area contributed by atoms with E-state index in [1.54, 1.807) is 33.7 Å². The molecule has 3 rings (SSSR count). The number of nitrogens with one attached hydrogen (secondary N) is 1. The van der Waals surface area contributed by atoms with Gasteiger partial charge in [0.05, 0.1) is 36.5 Å². The van der Waals surface area contributed by atoms with Crippen molar-refractivity contribution in [1.82, 2.24) is 9.97 Å². The quantitative estimate of drug-likeness (QED) is 0.684. The van der Waals surface area contributed by atoms with E-state index >= 15 is 4.39 Å². The van der Waals surface area contributed by atoms with Crippen LogP contribution in [0.5, 0.6) is 0 Å². The van der Waals surface area contributed by atoms with Crippen molar-refractivity contribution in [1.29, 1.82) is 0 Å². The van der Waals surface area contributed by atoms with Gasteiger partial charge in [-0.05, 0) is 18.9 Å². The number of hydrogen-bond donors (Lipinski definition) is 1. The Morgan fingerprint density at radius 2 is 2.11 bits per heavy atom. The first-order chi connectivity index (χ1) is 13.1. The zero-order valence-electron chi connectivity index (χ0n) is 15.8. The molecule has 0 bridgehead atoms. The number of methoxy groups -OCH3 is 3. The molecular weight excluding hydrogens is 375 g/mol. The Morgan fingerprint density at radius 1 is 1.30 bits per heavy atom. The predicted molar refractivity (Wildman–Crippen MR) is 101 cm³/mol. The fourth-order valence-electron chi connectivity index (χ4n) is 3.99. The van der Waals surface area contributed by atoms with Crippen molar-refractivity contribution in [2.45, 2.75) is 37.3 Å². The molecule has 2 aromatic rings. The van der Waals surface area contributed by atoms with Gasteiger partial charge < -0.3 is 23.9 Å². The fourth-order valence-corrected chi connectivity index (χ4v) is 4.15. The van der Waals surface area contributed by atoms with E-state index in [2.05, 4.69) is 9.97 Å². The van der Waals surface area contributed by atoms with E-state index in [0.29, 0.717) is 36.7 Å². The number of alkyl halides is 1. The van der Waals surface area contributed by atoms with Gasteiger partial charge in [-0.2, -0.15) is 0 Å². The molecule has 0 aliphatic heterocycles. The SMILES string of the molecule is COCCOC1CCC(F)C(C(OC)c2c[nH]c3ncc(Cl)cc23)C1OC. The summed E-state index contributed by atoms with van der Waals surface area (Å²) in [5.74, 6) is -0.515. The molecule has 0 spiro atoms. The van der Waals surface area contributed by atoms with Crippen molar-refractivity contribution in [3.63, 3.8) is 0 Å². The van der Waals surface area contributed by atoms with Gasteiger partial charge in [-0.3, -0.25) is 0 Å². The van der Waals surface area contributed by atoms with Crippen molar-refractivity contribution < 1.29 is 23.3 Å². The normalized spacial score (nSPS) is 27.1. The summed E-state index contributed by atoms with van der Waals surface area (Å²) in [5, 5.41) is 1.33. The van der Waals surface area contributed by atoms with Gasteiger partial charge in [0.1, 0.15) is 11.8 Å². The van der Waals surface area contributed by atoms with Crippen LogP contribution in [0.4, 0.5) is 4.39 Å². The molecule has 1 fully saturated rings. The Labute approximate surface area is 163 Å². The molecule has 1 N–H and O–H groups in total. The summed E-state index contributed by atoms with van der Waals surface area (Å²) in [7, 11) is 4.79. The molecule has 2 heterocycles. The standard InChI is InChI=1S/C19H26ClFN2O4/c1-24-6-7-27-15-5-4-14(21)16(18(15)26-3)17(25-2)13-10-23-19-12(13)8-11(20)9-22-19/h8-10,14-18H,4-7H2,1-3H3,(H,22,23). The van der Waals surface area contributed by atoms with Crippen molar-refractivity contribution >= 4 is 22.6 Å². The molecule has 2 aromatic heterocycles. The van der Waals surface area contributed by atoms with E-state index < -0.39 is 24.3 Å². The van der Waals surface area contributed by atoms with Gasteiger partial charge in [-0.25, -0.2) is 9.37 Å². The average Bonchev–Trinajstić information content (AvgIpc) is 3.07. The monoisotopic (exact) mass is 400 g/mol. The van der Waals surface area contributed by atoms with E-state index in [1.165, 1.54) is 0 Å². The lowest BCUT2D eigenvalue weighted by molar-refractivity contribution is -0.157. The summed E-state index contributed by atoms with van der Waals surface area (Å²) in [6.45, 7) is 0.923. The van der Waals surface area contributed by atoms with Crippen molar-refractivity contribution in [2.24, 2.45) is 5.92 Å². The molecule has 1 aliphatic carbocycles. The lowest BCUT2D eigenvalue weighted by Gasteiger charge is -2.42. The molecule has 0 radical (unpaired) electrons. The van der Waals surface area contributed by atoms with Crippen LogP contribution < -0.4 is 0 Å². The molecule has 1 aliphatic rings. The highest BCUT2D eigenvalue weighted by Gasteiger charge is 2.46. The van der Waals surface area contributed by atoms with Crippen LogP contribution in [0.15, 0.2) is 18.5 Å². The van der Waals surface area contributed by atoms with Crippen LogP contribution in [-0.4, -0.2) is 62.9 Å².